The van der Waals surface area contributed by atoms with E-state index in [1.165, 1.54) is 12.8 Å². The van der Waals surface area contributed by atoms with Crippen molar-refractivity contribution in [2.24, 2.45) is 5.41 Å². The Kier molecular flexibility index (Phi) is 3.32. The lowest BCUT2D eigenvalue weighted by molar-refractivity contribution is 0.0939. The van der Waals surface area contributed by atoms with E-state index in [4.69, 9.17) is 9.47 Å². The number of carbonyl (C=O) groups excluding carboxylic acids is 1. The quantitative estimate of drug-likeness (QED) is 0.922. The molecule has 4 nitrogen and oxygen atoms in total. The highest BCUT2D eigenvalue weighted by molar-refractivity contribution is 5.95. The third-order valence-electron chi connectivity index (χ3n) is 4.22. The fourth-order valence-electron chi connectivity index (χ4n) is 2.26. The van der Waals surface area contributed by atoms with E-state index in [2.05, 4.69) is 5.32 Å². The molecule has 1 fully saturated rings. The van der Waals surface area contributed by atoms with Crippen molar-refractivity contribution in [3.8, 4) is 11.5 Å². The van der Waals surface area contributed by atoms with Crippen LogP contribution in [0.25, 0.3) is 0 Å². The third kappa shape index (κ3) is 2.60. The molecule has 3 rings (SSSR count). The van der Waals surface area contributed by atoms with E-state index < -0.39 is 0 Å². The molecule has 0 radical (unpaired) electrons. The zero-order valence-electron chi connectivity index (χ0n) is 12.1. The molecule has 2 aliphatic rings. The van der Waals surface area contributed by atoms with E-state index in [1.807, 2.05) is 19.9 Å². The van der Waals surface area contributed by atoms with Gasteiger partial charge in [0.1, 0.15) is 0 Å². The molecule has 4 heteroatoms. The van der Waals surface area contributed by atoms with Crippen molar-refractivity contribution >= 4 is 5.91 Å². The molecule has 1 spiro atoms. The second-order valence-corrected chi connectivity index (χ2v) is 6.02. The summed E-state index contributed by atoms with van der Waals surface area (Å²) < 4.78 is 11.6. The first kappa shape index (κ1) is 13.3. The number of rotatable bonds is 3. The number of fused-ring (bicyclic) bond motifs is 1. The number of hydrogen-bond acceptors (Lipinski definition) is 3. The Bertz CT molecular complexity index is 522. The summed E-state index contributed by atoms with van der Waals surface area (Å²) in [7, 11) is 0. The van der Waals surface area contributed by atoms with Gasteiger partial charge in [0.25, 0.3) is 5.91 Å². The van der Waals surface area contributed by atoms with E-state index in [0.29, 0.717) is 17.9 Å². The molecule has 1 aliphatic heterocycles. The molecule has 1 aromatic carbocycles. The van der Waals surface area contributed by atoms with Crippen LogP contribution in [-0.4, -0.2) is 25.2 Å². The summed E-state index contributed by atoms with van der Waals surface area (Å²) in [6, 6.07) is 5.59. The van der Waals surface area contributed by atoms with Crippen LogP contribution >= 0.6 is 0 Å². The largest absolute Gasteiger partial charge is 0.489 e. The van der Waals surface area contributed by atoms with Gasteiger partial charge in [-0.2, -0.15) is 0 Å². The molecule has 1 aromatic rings. The molecule has 1 amide bonds. The molecular weight excluding hydrogens is 254 g/mol. The molecule has 0 bridgehead atoms. The van der Waals surface area contributed by atoms with E-state index >= 15 is 0 Å². The first-order valence-electron chi connectivity index (χ1n) is 7.32. The predicted molar refractivity (Wildman–Crippen MR) is 76.3 cm³/mol. The van der Waals surface area contributed by atoms with Gasteiger partial charge in [-0.25, -0.2) is 0 Å². The maximum absolute atomic E-state index is 12.1. The number of benzene rings is 1. The fourth-order valence-corrected chi connectivity index (χ4v) is 2.26. The van der Waals surface area contributed by atoms with E-state index in [-0.39, 0.29) is 17.4 Å². The Labute approximate surface area is 119 Å². The van der Waals surface area contributed by atoms with Crippen molar-refractivity contribution in [1.29, 1.82) is 0 Å². The van der Waals surface area contributed by atoms with Gasteiger partial charge in [0.2, 0.25) is 0 Å². The Hall–Kier alpha value is -1.71. The second kappa shape index (κ2) is 5.00. The zero-order chi connectivity index (χ0) is 14.2. The Morgan fingerprint density at radius 2 is 2.00 bits per heavy atom. The summed E-state index contributed by atoms with van der Waals surface area (Å²) in [5, 5.41) is 2.96. The lowest BCUT2D eigenvalue weighted by Gasteiger charge is -2.13. The smallest absolute Gasteiger partial charge is 0.251 e. The lowest BCUT2D eigenvalue weighted by atomic mass is 10.1. The van der Waals surface area contributed by atoms with Crippen LogP contribution in [0.2, 0.25) is 0 Å². The van der Waals surface area contributed by atoms with Crippen molar-refractivity contribution in [3.63, 3.8) is 0 Å². The number of ether oxygens (including phenoxy) is 2. The molecule has 0 unspecified atom stereocenters. The highest BCUT2D eigenvalue weighted by Gasteiger charge is 2.46. The summed E-state index contributed by atoms with van der Waals surface area (Å²) in [6.45, 7) is 5.46. The molecule has 0 saturated heterocycles. The average molecular weight is 275 g/mol. The number of hydrogen-bond donors (Lipinski definition) is 1. The van der Waals surface area contributed by atoms with Crippen LogP contribution in [0, 0.1) is 5.41 Å². The van der Waals surface area contributed by atoms with E-state index in [9.17, 15) is 4.79 Å². The SMILES string of the molecule is CC[C@@H](C)NC(=O)c1ccc2c(c1)OCC1(CC1)CO2. The van der Waals surface area contributed by atoms with Gasteiger partial charge in [0.15, 0.2) is 11.5 Å². The predicted octanol–water partition coefficient (Wildman–Crippen LogP) is 2.77. The van der Waals surface area contributed by atoms with Gasteiger partial charge in [-0.05, 0) is 44.4 Å². The van der Waals surface area contributed by atoms with Crippen molar-refractivity contribution < 1.29 is 14.3 Å². The third-order valence-corrected chi connectivity index (χ3v) is 4.22. The minimum absolute atomic E-state index is 0.0591. The first-order valence-corrected chi connectivity index (χ1v) is 7.32. The minimum Gasteiger partial charge on any atom is -0.489 e. The van der Waals surface area contributed by atoms with Crippen LogP contribution in [0.3, 0.4) is 0 Å². The van der Waals surface area contributed by atoms with Crippen LogP contribution in [0.5, 0.6) is 11.5 Å². The van der Waals surface area contributed by atoms with Gasteiger partial charge in [-0.15, -0.1) is 0 Å². The van der Waals surface area contributed by atoms with Crippen LogP contribution < -0.4 is 14.8 Å². The van der Waals surface area contributed by atoms with Gasteiger partial charge < -0.3 is 14.8 Å². The number of amides is 1. The topological polar surface area (TPSA) is 47.6 Å². The zero-order valence-corrected chi connectivity index (χ0v) is 12.1. The molecular formula is C16H21NO3. The highest BCUT2D eigenvalue weighted by Crippen LogP contribution is 2.49. The molecule has 1 heterocycles. The van der Waals surface area contributed by atoms with Crippen LogP contribution in [0.4, 0.5) is 0 Å². The lowest BCUT2D eigenvalue weighted by Crippen LogP contribution is -2.31. The summed E-state index contributed by atoms with van der Waals surface area (Å²) >= 11 is 0. The van der Waals surface area contributed by atoms with Crippen LogP contribution in [-0.2, 0) is 0 Å². The monoisotopic (exact) mass is 275 g/mol. The van der Waals surface area contributed by atoms with Crippen molar-refractivity contribution in [1.82, 2.24) is 5.32 Å². The minimum atomic E-state index is -0.0591. The molecule has 1 aliphatic carbocycles. The van der Waals surface area contributed by atoms with Crippen LogP contribution in [0.1, 0.15) is 43.5 Å². The Morgan fingerprint density at radius 1 is 1.30 bits per heavy atom. The standard InChI is InChI=1S/C16H21NO3/c1-3-11(2)17-15(18)12-4-5-13-14(8-12)20-10-16(6-7-16)9-19-13/h4-5,8,11H,3,6-7,9-10H2,1-2H3,(H,17,18)/t11-/m1/s1. The molecule has 0 aromatic heterocycles. The molecule has 108 valence electrons. The summed E-state index contributed by atoms with van der Waals surface area (Å²) in [6.07, 6.45) is 3.25. The first-order chi connectivity index (χ1) is 9.62. The molecule has 1 N–H and O–H groups in total. The maximum Gasteiger partial charge on any atom is 0.251 e. The highest BCUT2D eigenvalue weighted by atomic mass is 16.5. The Morgan fingerprint density at radius 3 is 2.65 bits per heavy atom. The van der Waals surface area contributed by atoms with E-state index in [0.717, 1.165) is 18.8 Å². The molecule has 1 atom stereocenters. The fraction of sp³-hybridized carbons (Fsp3) is 0.562. The number of nitrogens with one attached hydrogen (secondary N) is 1. The van der Waals surface area contributed by atoms with Gasteiger partial charge in [-0.3, -0.25) is 4.79 Å². The van der Waals surface area contributed by atoms with Crippen molar-refractivity contribution in [2.45, 2.75) is 39.2 Å². The normalized spacial score (nSPS) is 20.1. The van der Waals surface area contributed by atoms with Gasteiger partial charge in [-0.1, -0.05) is 6.92 Å². The summed E-state index contributed by atoms with van der Waals surface area (Å²) in [5.41, 5.74) is 0.845. The average Bonchev–Trinajstić information content (AvgIpc) is 3.26. The maximum atomic E-state index is 12.1. The van der Waals surface area contributed by atoms with Crippen molar-refractivity contribution in [3.05, 3.63) is 23.8 Å². The van der Waals surface area contributed by atoms with Crippen molar-refractivity contribution in [2.75, 3.05) is 13.2 Å². The van der Waals surface area contributed by atoms with Gasteiger partial charge in [0.05, 0.1) is 13.2 Å². The Balaban J connectivity index is 1.76. The molecule has 1 saturated carbocycles. The van der Waals surface area contributed by atoms with Gasteiger partial charge in [0, 0.05) is 17.0 Å². The van der Waals surface area contributed by atoms with Gasteiger partial charge >= 0.3 is 0 Å². The number of carbonyl (C=O) groups is 1. The summed E-state index contributed by atoms with van der Waals surface area (Å²) in [5.74, 6) is 1.37. The van der Waals surface area contributed by atoms with Crippen LogP contribution in [0.15, 0.2) is 18.2 Å². The summed E-state index contributed by atoms with van der Waals surface area (Å²) in [4.78, 5) is 12.1. The molecule has 20 heavy (non-hydrogen) atoms. The van der Waals surface area contributed by atoms with E-state index in [1.54, 1.807) is 12.1 Å². The second-order valence-electron chi connectivity index (χ2n) is 6.02.